The highest BCUT2D eigenvalue weighted by atomic mass is 15.1. The fraction of sp³-hybridized carbons (Fsp3) is 0.0217. The third kappa shape index (κ3) is 3.45. The Morgan fingerprint density at radius 2 is 1.04 bits per heavy atom. The summed E-state index contributed by atoms with van der Waals surface area (Å²) < 4.78 is 0. The number of para-hydroxylation sites is 1. The number of benzene rings is 8. The molecule has 8 aromatic rings. The molecule has 8 aromatic carbocycles. The van der Waals surface area contributed by atoms with Crippen molar-refractivity contribution in [2.75, 3.05) is 4.90 Å². The maximum atomic E-state index is 9.93. The molecule has 0 unspecified atom stereocenters. The molecular weight excluding hydrogens is 581 g/mol. The van der Waals surface area contributed by atoms with Gasteiger partial charge >= 0.3 is 0 Å². The largest absolute Gasteiger partial charge is 0.310 e. The van der Waals surface area contributed by atoms with Gasteiger partial charge in [-0.25, -0.2) is 0 Å². The minimum atomic E-state index is -0.502. The Hall–Kier alpha value is -6.43. The van der Waals surface area contributed by atoms with E-state index in [4.69, 9.17) is 0 Å². The Balaban J connectivity index is 1.42. The van der Waals surface area contributed by atoms with Crippen molar-refractivity contribution in [3.63, 3.8) is 0 Å². The maximum Gasteiger partial charge on any atom is 0.0992 e. The summed E-state index contributed by atoms with van der Waals surface area (Å²) in [6.45, 7) is 0. The SMILES string of the molecule is N#Cc1cccc(N(c2ccccc2)c2cc3c(c4ccccc24)-c2c(ccc4ccccc24)C32c3ccccc3-c3ccccc32)c1. The molecule has 0 aliphatic heterocycles. The molecule has 0 saturated carbocycles. The normalized spacial score (nSPS) is 13.1. The van der Waals surface area contributed by atoms with Crippen LogP contribution in [0.15, 0.2) is 170 Å². The third-order valence-corrected chi connectivity index (χ3v) is 10.5. The number of fused-ring (bicyclic) bond motifs is 14. The van der Waals surface area contributed by atoms with Crippen LogP contribution >= 0.6 is 0 Å². The summed E-state index contributed by atoms with van der Waals surface area (Å²) in [7, 11) is 0. The molecule has 0 radical (unpaired) electrons. The number of hydrogen-bond donors (Lipinski definition) is 0. The summed E-state index contributed by atoms with van der Waals surface area (Å²) in [4.78, 5) is 2.32. The van der Waals surface area contributed by atoms with Crippen molar-refractivity contribution in [2.45, 2.75) is 5.41 Å². The van der Waals surface area contributed by atoms with Gasteiger partial charge in [0.05, 0.1) is 22.7 Å². The first-order valence-electron chi connectivity index (χ1n) is 16.4. The van der Waals surface area contributed by atoms with E-state index in [0.717, 1.165) is 22.4 Å². The highest BCUT2D eigenvalue weighted by Crippen LogP contribution is 2.65. The average molecular weight is 609 g/mol. The van der Waals surface area contributed by atoms with Gasteiger partial charge in [0.25, 0.3) is 0 Å². The molecule has 10 rings (SSSR count). The van der Waals surface area contributed by atoms with Crippen LogP contribution in [0.1, 0.15) is 27.8 Å². The van der Waals surface area contributed by atoms with Gasteiger partial charge in [0.1, 0.15) is 0 Å². The van der Waals surface area contributed by atoms with E-state index >= 15 is 0 Å². The molecule has 0 heterocycles. The van der Waals surface area contributed by atoms with Crippen molar-refractivity contribution in [3.05, 3.63) is 198 Å². The van der Waals surface area contributed by atoms with Gasteiger partial charge in [0.15, 0.2) is 0 Å². The standard InChI is InChI=1S/C46H28N2/c47-29-30-13-12-17-33(27-30)48(32-15-2-1-3-16-32)43-28-42-45(38-22-7-6-21-37(38)43)44-34-18-5-4-14-31(34)25-26-41(44)46(42)39-23-10-8-19-35(39)36-20-9-11-24-40(36)46/h1-28H. The molecule has 2 heteroatoms. The quantitative estimate of drug-likeness (QED) is 0.199. The minimum Gasteiger partial charge on any atom is -0.310 e. The van der Waals surface area contributed by atoms with Crippen molar-refractivity contribution in [1.82, 2.24) is 0 Å². The predicted molar refractivity (Wildman–Crippen MR) is 197 cm³/mol. The summed E-state index contributed by atoms with van der Waals surface area (Å²) in [6.07, 6.45) is 0. The summed E-state index contributed by atoms with van der Waals surface area (Å²) in [5, 5.41) is 14.8. The van der Waals surface area contributed by atoms with Gasteiger partial charge in [-0.3, -0.25) is 0 Å². The van der Waals surface area contributed by atoms with Crippen molar-refractivity contribution >= 4 is 38.6 Å². The van der Waals surface area contributed by atoms with E-state index in [1.54, 1.807) is 0 Å². The molecule has 2 aliphatic rings. The van der Waals surface area contributed by atoms with Crippen molar-refractivity contribution < 1.29 is 0 Å². The monoisotopic (exact) mass is 608 g/mol. The van der Waals surface area contributed by atoms with Crippen LogP contribution < -0.4 is 4.90 Å². The first-order valence-corrected chi connectivity index (χ1v) is 16.4. The smallest absolute Gasteiger partial charge is 0.0992 e. The number of rotatable bonds is 3. The summed E-state index contributed by atoms with van der Waals surface area (Å²) in [5.41, 5.74) is 13.7. The molecule has 222 valence electrons. The summed E-state index contributed by atoms with van der Waals surface area (Å²) in [6, 6.07) is 63.6. The molecule has 1 spiro atoms. The van der Waals surface area contributed by atoms with Crippen LogP contribution in [0, 0.1) is 11.3 Å². The van der Waals surface area contributed by atoms with E-state index < -0.39 is 5.41 Å². The molecule has 2 aliphatic carbocycles. The molecule has 48 heavy (non-hydrogen) atoms. The van der Waals surface area contributed by atoms with Crippen molar-refractivity contribution in [1.29, 1.82) is 5.26 Å². The van der Waals surface area contributed by atoms with Crippen LogP contribution in [-0.4, -0.2) is 0 Å². The maximum absolute atomic E-state index is 9.93. The van der Waals surface area contributed by atoms with Gasteiger partial charge in [-0.15, -0.1) is 0 Å². The van der Waals surface area contributed by atoms with Gasteiger partial charge in [-0.05, 0) is 97.1 Å². The highest BCUT2D eigenvalue weighted by molar-refractivity contribution is 6.16. The molecule has 0 N–H and O–H groups in total. The lowest BCUT2D eigenvalue weighted by atomic mass is 9.70. The van der Waals surface area contributed by atoms with Gasteiger partial charge in [-0.1, -0.05) is 133 Å². The fourth-order valence-corrected chi connectivity index (χ4v) is 8.64. The Bertz CT molecular complexity index is 2600. The predicted octanol–water partition coefficient (Wildman–Crippen LogP) is 11.7. The lowest BCUT2D eigenvalue weighted by Gasteiger charge is -2.33. The lowest BCUT2D eigenvalue weighted by Crippen LogP contribution is -2.26. The van der Waals surface area contributed by atoms with E-state index in [0.29, 0.717) is 5.56 Å². The van der Waals surface area contributed by atoms with Crippen LogP contribution in [0.4, 0.5) is 17.1 Å². The van der Waals surface area contributed by atoms with E-state index in [-0.39, 0.29) is 0 Å². The van der Waals surface area contributed by atoms with E-state index in [9.17, 15) is 5.26 Å². The highest BCUT2D eigenvalue weighted by Gasteiger charge is 2.52. The van der Waals surface area contributed by atoms with E-state index in [1.807, 2.05) is 18.2 Å². The zero-order valence-corrected chi connectivity index (χ0v) is 26.1. The molecule has 0 saturated heterocycles. The van der Waals surface area contributed by atoms with Gasteiger partial charge in [-0.2, -0.15) is 5.26 Å². The van der Waals surface area contributed by atoms with Crippen LogP contribution in [0.25, 0.3) is 43.8 Å². The number of hydrogen-bond acceptors (Lipinski definition) is 2. The second kappa shape index (κ2) is 10.0. The summed E-state index contributed by atoms with van der Waals surface area (Å²) >= 11 is 0. The second-order valence-electron chi connectivity index (χ2n) is 12.7. The lowest BCUT2D eigenvalue weighted by molar-refractivity contribution is 0.795. The first kappa shape index (κ1) is 26.8. The topological polar surface area (TPSA) is 27.0 Å². The van der Waals surface area contributed by atoms with Crippen LogP contribution in [-0.2, 0) is 5.41 Å². The number of nitriles is 1. The van der Waals surface area contributed by atoms with Gasteiger partial charge in [0, 0.05) is 16.8 Å². The molecule has 0 bridgehead atoms. The third-order valence-electron chi connectivity index (χ3n) is 10.5. The Kier molecular flexibility index (Phi) is 5.59. The molecule has 0 aromatic heterocycles. The van der Waals surface area contributed by atoms with Crippen LogP contribution in [0.2, 0.25) is 0 Å². The average Bonchev–Trinajstić information content (AvgIpc) is 3.63. The minimum absolute atomic E-state index is 0.502. The van der Waals surface area contributed by atoms with Gasteiger partial charge in [0.2, 0.25) is 0 Å². The first-order chi connectivity index (χ1) is 23.8. The number of nitrogens with zero attached hydrogens (tertiary/aromatic N) is 2. The molecule has 2 nitrogen and oxygen atoms in total. The van der Waals surface area contributed by atoms with E-state index in [2.05, 4.69) is 163 Å². The summed E-state index contributed by atoms with van der Waals surface area (Å²) in [5.74, 6) is 0. The molecule has 0 amide bonds. The fourth-order valence-electron chi connectivity index (χ4n) is 8.64. The van der Waals surface area contributed by atoms with Crippen LogP contribution in [0.5, 0.6) is 0 Å². The Morgan fingerprint density at radius 3 is 1.79 bits per heavy atom. The van der Waals surface area contributed by atoms with Crippen LogP contribution in [0.3, 0.4) is 0 Å². The van der Waals surface area contributed by atoms with Crippen molar-refractivity contribution in [2.24, 2.45) is 0 Å². The second-order valence-corrected chi connectivity index (χ2v) is 12.7. The zero-order valence-electron chi connectivity index (χ0n) is 26.1. The molecule has 0 fully saturated rings. The number of anilines is 3. The Labute approximate surface area is 279 Å². The Morgan fingerprint density at radius 1 is 0.438 bits per heavy atom. The zero-order chi connectivity index (χ0) is 31.8. The van der Waals surface area contributed by atoms with Crippen molar-refractivity contribution in [3.8, 4) is 28.3 Å². The van der Waals surface area contributed by atoms with Gasteiger partial charge < -0.3 is 4.90 Å². The molecule has 0 atom stereocenters. The van der Waals surface area contributed by atoms with E-state index in [1.165, 1.54) is 60.7 Å². The molecular formula is C46H28N2.